The molecule has 1 heterocycles. The van der Waals surface area contributed by atoms with Gasteiger partial charge < -0.3 is 0 Å². The summed E-state index contributed by atoms with van der Waals surface area (Å²) in [5, 5.41) is 2.59. The third-order valence-electron chi connectivity index (χ3n) is 4.85. The van der Waals surface area contributed by atoms with Gasteiger partial charge in [0.1, 0.15) is 0 Å². The lowest BCUT2D eigenvalue weighted by Gasteiger charge is -2.33. The van der Waals surface area contributed by atoms with E-state index in [0.717, 1.165) is 32.5 Å². The molecule has 2 aromatic carbocycles. The molecule has 130 valence electrons. The van der Waals surface area contributed by atoms with Crippen LogP contribution in [0.1, 0.15) is 25.3 Å². The molecule has 2 aromatic rings. The lowest BCUT2D eigenvalue weighted by molar-refractivity contribution is 0.169. The Morgan fingerprint density at radius 3 is 2.79 bits per heavy atom. The van der Waals surface area contributed by atoms with Gasteiger partial charge in [-0.25, -0.2) is 13.1 Å². The second kappa shape index (κ2) is 7.64. The Morgan fingerprint density at radius 1 is 1.17 bits per heavy atom. The molecule has 0 radical (unpaired) electrons. The van der Waals surface area contributed by atoms with Crippen molar-refractivity contribution < 1.29 is 8.42 Å². The Kier molecular flexibility index (Phi) is 5.54. The van der Waals surface area contributed by atoms with Crippen molar-refractivity contribution in [2.45, 2.75) is 26.3 Å². The highest BCUT2D eigenvalue weighted by Gasteiger charge is 2.21. The van der Waals surface area contributed by atoms with Crippen molar-refractivity contribution in [1.82, 2.24) is 9.62 Å². The minimum atomic E-state index is -3.09. The van der Waals surface area contributed by atoms with Gasteiger partial charge in [0, 0.05) is 19.6 Å². The first-order valence-corrected chi connectivity index (χ1v) is 10.4. The normalized spacial score (nSPS) is 19.6. The van der Waals surface area contributed by atoms with Gasteiger partial charge in [0.25, 0.3) is 0 Å². The van der Waals surface area contributed by atoms with E-state index in [0.29, 0.717) is 12.5 Å². The molecular weight excluding hydrogens is 320 g/mol. The summed E-state index contributed by atoms with van der Waals surface area (Å²) >= 11 is 0. The Morgan fingerprint density at radius 2 is 1.96 bits per heavy atom. The predicted octanol–water partition coefficient (Wildman–Crippen LogP) is 2.99. The Hall–Kier alpha value is -1.43. The van der Waals surface area contributed by atoms with Crippen LogP contribution in [0.3, 0.4) is 0 Å². The zero-order valence-electron chi connectivity index (χ0n) is 14.2. The number of benzene rings is 2. The molecule has 1 aliphatic rings. The van der Waals surface area contributed by atoms with Crippen LogP contribution in [0.25, 0.3) is 10.8 Å². The Balaban J connectivity index is 1.65. The zero-order valence-corrected chi connectivity index (χ0v) is 15.1. The first-order chi connectivity index (χ1) is 11.6. The van der Waals surface area contributed by atoms with Gasteiger partial charge in [-0.1, -0.05) is 42.5 Å². The summed E-state index contributed by atoms with van der Waals surface area (Å²) in [7, 11) is -3.09. The molecule has 5 heteroatoms. The first kappa shape index (κ1) is 17.4. The van der Waals surface area contributed by atoms with E-state index in [2.05, 4.69) is 52.1 Å². The van der Waals surface area contributed by atoms with E-state index in [4.69, 9.17) is 0 Å². The topological polar surface area (TPSA) is 49.4 Å². The van der Waals surface area contributed by atoms with Crippen LogP contribution in [0.4, 0.5) is 0 Å². The summed E-state index contributed by atoms with van der Waals surface area (Å²) in [6, 6.07) is 15.0. The fraction of sp³-hybridized carbons (Fsp3) is 0.474. The molecule has 24 heavy (non-hydrogen) atoms. The van der Waals surface area contributed by atoms with Crippen molar-refractivity contribution in [2.75, 3.05) is 25.4 Å². The monoisotopic (exact) mass is 346 g/mol. The lowest BCUT2D eigenvalue weighted by atomic mass is 9.97. The van der Waals surface area contributed by atoms with Crippen LogP contribution < -0.4 is 4.72 Å². The maximum absolute atomic E-state index is 11.6. The van der Waals surface area contributed by atoms with E-state index >= 15 is 0 Å². The fourth-order valence-corrected chi connectivity index (χ4v) is 4.17. The molecule has 1 atom stereocenters. The summed E-state index contributed by atoms with van der Waals surface area (Å²) in [6.07, 6.45) is 2.22. The molecule has 0 aliphatic carbocycles. The number of likely N-dealkylation sites (tertiary alicyclic amines) is 1. The fourth-order valence-electron chi connectivity index (χ4n) is 3.48. The summed E-state index contributed by atoms with van der Waals surface area (Å²) in [5.41, 5.74) is 1.35. The SMILES string of the molecule is CCS(=O)(=O)NCC1CCCN(Cc2cccc3ccccc23)C1. The first-order valence-electron chi connectivity index (χ1n) is 8.74. The highest BCUT2D eigenvalue weighted by molar-refractivity contribution is 7.89. The van der Waals surface area contributed by atoms with Crippen molar-refractivity contribution in [2.24, 2.45) is 5.92 Å². The number of nitrogens with one attached hydrogen (secondary N) is 1. The summed E-state index contributed by atoms with van der Waals surface area (Å²) in [6.45, 7) is 5.20. The summed E-state index contributed by atoms with van der Waals surface area (Å²) in [5.74, 6) is 0.550. The molecule has 3 rings (SSSR count). The number of hydrogen-bond donors (Lipinski definition) is 1. The second-order valence-corrected chi connectivity index (χ2v) is 8.73. The van der Waals surface area contributed by atoms with Crippen molar-refractivity contribution in [1.29, 1.82) is 0 Å². The third kappa shape index (κ3) is 4.35. The van der Waals surface area contributed by atoms with Crippen molar-refractivity contribution in [3.05, 3.63) is 48.0 Å². The van der Waals surface area contributed by atoms with Crippen LogP contribution in [-0.4, -0.2) is 38.7 Å². The molecule has 0 amide bonds. The van der Waals surface area contributed by atoms with E-state index in [1.165, 1.54) is 16.3 Å². The Labute approximate surface area is 144 Å². The highest BCUT2D eigenvalue weighted by Crippen LogP contribution is 2.23. The van der Waals surface area contributed by atoms with E-state index in [1.54, 1.807) is 6.92 Å². The molecule has 1 aliphatic heterocycles. The number of rotatable bonds is 6. The largest absolute Gasteiger partial charge is 0.299 e. The molecule has 1 unspecified atom stereocenters. The van der Waals surface area contributed by atoms with Crippen LogP contribution in [0.15, 0.2) is 42.5 Å². The number of piperidine rings is 1. The lowest BCUT2D eigenvalue weighted by Crippen LogP contribution is -2.40. The summed E-state index contributed by atoms with van der Waals surface area (Å²) in [4.78, 5) is 2.45. The molecule has 1 N–H and O–H groups in total. The van der Waals surface area contributed by atoms with Gasteiger partial charge in [0.15, 0.2) is 0 Å². The number of fused-ring (bicyclic) bond motifs is 1. The number of nitrogens with zero attached hydrogens (tertiary/aromatic N) is 1. The molecule has 0 bridgehead atoms. The molecule has 0 spiro atoms. The molecule has 1 fully saturated rings. The van der Waals surface area contributed by atoms with Gasteiger partial charge in [0.2, 0.25) is 10.0 Å². The molecule has 0 saturated carbocycles. The van der Waals surface area contributed by atoms with Gasteiger partial charge in [-0.3, -0.25) is 4.90 Å². The van der Waals surface area contributed by atoms with Crippen LogP contribution in [0, 0.1) is 5.92 Å². The van der Waals surface area contributed by atoms with Crippen LogP contribution in [0.5, 0.6) is 0 Å². The van der Waals surface area contributed by atoms with Gasteiger partial charge >= 0.3 is 0 Å². The van der Waals surface area contributed by atoms with E-state index < -0.39 is 10.0 Å². The van der Waals surface area contributed by atoms with Gasteiger partial charge in [-0.2, -0.15) is 0 Å². The van der Waals surface area contributed by atoms with Gasteiger partial charge in [-0.15, -0.1) is 0 Å². The minimum absolute atomic E-state index is 0.152. The van der Waals surface area contributed by atoms with E-state index in [9.17, 15) is 8.42 Å². The van der Waals surface area contributed by atoms with Gasteiger partial charge in [-0.05, 0) is 48.6 Å². The number of sulfonamides is 1. The quantitative estimate of drug-likeness (QED) is 0.875. The summed E-state index contributed by atoms with van der Waals surface area (Å²) < 4.78 is 26.0. The minimum Gasteiger partial charge on any atom is -0.299 e. The molecule has 0 aromatic heterocycles. The Bertz CT molecular complexity index is 784. The van der Waals surface area contributed by atoms with E-state index in [-0.39, 0.29) is 5.75 Å². The average Bonchev–Trinajstić information content (AvgIpc) is 2.61. The van der Waals surface area contributed by atoms with Crippen molar-refractivity contribution >= 4 is 20.8 Å². The van der Waals surface area contributed by atoms with Crippen molar-refractivity contribution in [3.8, 4) is 0 Å². The standard InChI is InChI=1S/C19H26N2O2S/c1-2-24(22,23)20-13-16-7-6-12-21(14-16)15-18-10-5-9-17-8-3-4-11-19(17)18/h3-5,8-11,16,20H,2,6-7,12-15H2,1H3. The number of hydrogen-bond acceptors (Lipinski definition) is 3. The average molecular weight is 346 g/mol. The van der Waals surface area contributed by atoms with E-state index in [1.807, 2.05) is 0 Å². The molecule has 1 saturated heterocycles. The maximum atomic E-state index is 11.6. The van der Waals surface area contributed by atoms with Crippen molar-refractivity contribution in [3.63, 3.8) is 0 Å². The van der Waals surface area contributed by atoms with Crippen LogP contribution in [-0.2, 0) is 16.6 Å². The zero-order chi connectivity index (χ0) is 17.0. The maximum Gasteiger partial charge on any atom is 0.211 e. The second-order valence-electron chi connectivity index (χ2n) is 6.63. The molecular formula is C19H26N2O2S. The van der Waals surface area contributed by atoms with Crippen LogP contribution >= 0.6 is 0 Å². The predicted molar refractivity (Wildman–Crippen MR) is 99.4 cm³/mol. The van der Waals surface area contributed by atoms with Crippen LogP contribution in [0.2, 0.25) is 0 Å². The third-order valence-corrected chi connectivity index (χ3v) is 6.22. The molecule has 4 nitrogen and oxygen atoms in total. The highest BCUT2D eigenvalue weighted by atomic mass is 32.2. The van der Waals surface area contributed by atoms with Gasteiger partial charge in [0.05, 0.1) is 5.75 Å². The smallest absolute Gasteiger partial charge is 0.211 e.